The molecule has 0 unspecified atom stereocenters. The number of halogens is 1. The summed E-state index contributed by atoms with van der Waals surface area (Å²) in [7, 11) is 0. The van der Waals surface area contributed by atoms with Crippen LogP contribution in [0.2, 0.25) is 5.02 Å². The predicted molar refractivity (Wildman–Crippen MR) is 103 cm³/mol. The average molecular weight is 423 g/mol. The maximum Gasteiger partial charge on any atom is 0.359 e. The molecule has 1 aromatic carbocycles. The largest absolute Gasteiger partial charge is 0.489 e. The molecule has 27 heavy (non-hydrogen) atoms. The van der Waals surface area contributed by atoms with Crippen LogP contribution in [0.1, 0.15) is 30.3 Å². The van der Waals surface area contributed by atoms with E-state index >= 15 is 0 Å². The summed E-state index contributed by atoms with van der Waals surface area (Å²) >= 11 is 9.04. The molecule has 0 saturated heterocycles. The monoisotopic (exact) mass is 422 g/mol. The fourth-order valence-corrected chi connectivity index (χ4v) is 4.24. The number of aromatic nitrogens is 4. The van der Waals surface area contributed by atoms with Crippen molar-refractivity contribution in [1.29, 1.82) is 0 Å². The van der Waals surface area contributed by atoms with Crippen molar-refractivity contribution in [2.24, 2.45) is 0 Å². The number of H-pyrrole nitrogens is 1. The van der Waals surface area contributed by atoms with Crippen LogP contribution in [0.4, 0.5) is 0 Å². The summed E-state index contributed by atoms with van der Waals surface area (Å²) in [6.45, 7) is 2.03. The van der Waals surface area contributed by atoms with E-state index in [0.29, 0.717) is 21.9 Å². The van der Waals surface area contributed by atoms with E-state index in [-0.39, 0.29) is 12.3 Å². The third-order valence-corrected chi connectivity index (χ3v) is 5.92. The summed E-state index contributed by atoms with van der Waals surface area (Å²) in [5.41, 5.74) is 1.92. The van der Waals surface area contributed by atoms with Gasteiger partial charge in [-0.3, -0.25) is 5.10 Å². The molecule has 0 radical (unpaired) electrons. The van der Waals surface area contributed by atoms with E-state index < -0.39 is 5.97 Å². The highest BCUT2D eigenvalue weighted by Gasteiger charge is 2.24. The number of thiazole rings is 1. The Balaban J connectivity index is 1.50. The summed E-state index contributed by atoms with van der Waals surface area (Å²) in [5, 5.41) is 13.1. The molecular weight excluding hydrogens is 408 g/mol. The zero-order chi connectivity index (χ0) is 18.8. The van der Waals surface area contributed by atoms with Gasteiger partial charge in [-0.05, 0) is 49.7 Å². The first kappa shape index (κ1) is 18.3. The number of carbonyl (C=O) groups is 1. The Morgan fingerprint density at radius 3 is 3.04 bits per heavy atom. The van der Waals surface area contributed by atoms with Crippen molar-refractivity contribution in [3.05, 3.63) is 34.3 Å². The van der Waals surface area contributed by atoms with Crippen molar-refractivity contribution in [2.45, 2.75) is 35.2 Å². The Morgan fingerprint density at radius 2 is 2.30 bits per heavy atom. The van der Waals surface area contributed by atoms with Gasteiger partial charge in [-0.15, -0.1) is 16.4 Å². The van der Waals surface area contributed by atoms with E-state index in [9.17, 15) is 4.79 Å². The van der Waals surface area contributed by atoms with Crippen molar-refractivity contribution in [2.75, 3.05) is 6.61 Å². The van der Waals surface area contributed by atoms with Gasteiger partial charge in [0.15, 0.2) is 15.1 Å². The molecule has 0 spiro atoms. The first-order valence-corrected chi connectivity index (χ1v) is 10.4. The zero-order valence-corrected chi connectivity index (χ0v) is 16.7. The molecule has 7 nitrogen and oxygen atoms in total. The summed E-state index contributed by atoms with van der Waals surface area (Å²) in [5.74, 6) is 0.217. The minimum Gasteiger partial charge on any atom is -0.489 e. The van der Waals surface area contributed by atoms with Crippen LogP contribution in [-0.2, 0) is 4.74 Å². The number of hydrogen-bond acceptors (Lipinski definition) is 8. The van der Waals surface area contributed by atoms with Gasteiger partial charge < -0.3 is 9.47 Å². The standard InChI is InChI=1S/C17H15ClN4O3S2/c1-2-24-16(23)14-15(21-22-20-14)27-17-19-12(8-26-17)9-3-6-13(11(18)7-9)25-10-4-5-10/h3,6-8,10H,2,4-5H2,1H3,(H,20,21,22). The maximum absolute atomic E-state index is 11.9. The van der Waals surface area contributed by atoms with Crippen LogP contribution in [0.15, 0.2) is 32.9 Å². The van der Waals surface area contributed by atoms with Gasteiger partial charge in [-0.1, -0.05) is 16.8 Å². The molecule has 10 heteroatoms. The lowest BCUT2D eigenvalue weighted by Crippen LogP contribution is -2.06. The lowest BCUT2D eigenvalue weighted by molar-refractivity contribution is 0.0515. The first-order valence-electron chi connectivity index (χ1n) is 8.32. The van der Waals surface area contributed by atoms with E-state index in [1.807, 2.05) is 23.6 Å². The van der Waals surface area contributed by atoms with E-state index in [2.05, 4.69) is 20.4 Å². The van der Waals surface area contributed by atoms with Gasteiger partial charge in [0.05, 0.1) is 23.4 Å². The number of aromatic amines is 1. The third-order valence-electron chi connectivity index (χ3n) is 3.71. The smallest absolute Gasteiger partial charge is 0.359 e. The van der Waals surface area contributed by atoms with Crippen molar-refractivity contribution >= 4 is 40.7 Å². The Labute approximate surface area is 168 Å². The molecule has 0 bridgehead atoms. The highest BCUT2D eigenvalue weighted by Crippen LogP contribution is 2.37. The van der Waals surface area contributed by atoms with E-state index in [4.69, 9.17) is 21.1 Å². The number of esters is 1. The molecule has 3 aromatic rings. The lowest BCUT2D eigenvalue weighted by atomic mass is 10.2. The molecule has 1 saturated carbocycles. The van der Waals surface area contributed by atoms with Crippen molar-refractivity contribution in [3.8, 4) is 17.0 Å². The molecule has 0 amide bonds. The van der Waals surface area contributed by atoms with Crippen LogP contribution >= 0.6 is 34.7 Å². The molecule has 140 valence electrons. The zero-order valence-electron chi connectivity index (χ0n) is 14.3. The number of hydrogen-bond donors (Lipinski definition) is 1. The van der Waals surface area contributed by atoms with Crippen LogP contribution in [0, 0.1) is 0 Å². The number of rotatable bonds is 7. The van der Waals surface area contributed by atoms with Crippen LogP contribution in [0.3, 0.4) is 0 Å². The SMILES string of the molecule is CCOC(=O)c1[nH]nnc1Sc1nc(-c2ccc(OC3CC3)c(Cl)c2)cs1. The van der Waals surface area contributed by atoms with Gasteiger partial charge in [0.2, 0.25) is 0 Å². The molecule has 4 rings (SSSR count). The maximum atomic E-state index is 11.9. The van der Waals surface area contributed by atoms with Crippen LogP contribution < -0.4 is 4.74 Å². The minimum atomic E-state index is -0.486. The van der Waals surface area contributed by atoms with Gasteiger partial charge >= 0.3 is 5.97 Å². The number of nitrogens with one attached hydrogen (secondary N) is 1. The van der Waals surface area contributed by atoms with E-state index in [1.165, 1.54) is 23.1 Å². The molecule has 1 N–H and O–H groups in total. The molecule has 2 heterocycles. The van der Waals surface area contributed by atoms with Gasteiger partial charge in [0.25, 0.3) is 0 Å². The second-order valence-corrected chi connectivity index (χ2v) is 8.28. The van der Waals surface area contributed by atoms with Gasteiger partial charge in [0, 0.05) is 10.9 Å². The fourth-order valence-electron chi connectivity index (χ4n) is 2.27. The molecule has 1 aliphatic rings. The minimum absolute atomic E-state index is 0.225. The highest BCUT2D eigenvalue weighted by molar-refractivity contribution is 8.01. The summed E-state index contributed by atoms with van der Waals surface area (Å²) in [4.78, 5) is 16.5. The number of ether oxygens (including phenoxy) is 2. The quantitative estimate of drug-likeness (QED) is 0.562. The topological polar surface area (TPSA) is 90.0 Å². The predicted octanol–water partition coefficient (Wildman–Crippen LogP) is 4.45. The molecule has 0 aliphatic heterocycles. The third kappa shape index (κ3) is 4.26. The van der Waals surface area contributed by atoms with Gasteiger partial charge in [-0.2, -0.15) is 0 Å². The van der Waals surface area contributed by atoms with Crippen LogP contribution in [0.25, 0.3) is 11.3 Å². The van der Waals surface area contributed by atoms with Crippen molar-refractivity contribution < 1.29 is 14.3 Å². The molecular formula is C17H15ClN4O3S2. The normalized spacial score (nSPS) is 13.6. The van der Waals surface area contributed by atoms with Crippen molar-refractivity contribution in [1.82, 2.24) is 20.4 Å². The molecule has 2 aromatic heterocycles. The Bertz CT molecular complexity index is 971. The Kier molecular flexibility index (Phi) is 5.33. The van der Waals surface area contributed by atoms with Crippen molar-refractivity contribution in [3.63, 3.8) is 0 Å². The molecule has 1 fully saturated rings. The Hall–Kier alpha value is -2.10. The Morgan fingerprint density at radius 1 is 1.44 bits per heavy atom. The van der Waals surface area contributed by atoms with Crippen LogP contribution in [-0.4, -0.2) is 39.1 Å². The molecule has 0 atom stereocenters. The number of carbonyl (C=O) groups excluding carboxylic acids is 1. The van der Waals surface area contributed by atoms with Crippen LogP contribution in [0.5, 0.6) is 5.75 Å². The lowest BCUT2D eigenvalue weighted by Gasteiger charge is -2.07. The summed E-state index contributed by atoms with van der Waals surface area (Å²) < 4.78 is 11.5. The first-order chi connectivity index (χ1) is 13.1. The number of benzene rings is 1. The van der Waals surface area contributed by atoms with Gasteiger partial charge in [0.1, 0.15) is 5.75 Å². The van der Waals surface area contributed by atoms with Gasteiger partial charge in [-0.25, -0.2) is 9.78 Å². The average Bonchev–Trinajstić information content (AvgIpc) is 3.15. The second kappa shape index (κ2) is 7.87. The van der Waals surface area contributed by atoms with E-state index in [1.54, 1.807) is 6.92 Å². The highest BCUT2D eigenvalue weighted by atomic mass is 35.5. The fraction of sp³-hybridized carbons (Fsp3) is 0.294. The number of nitrogens with zero attached hydrogens (tertiary/aromatic N) is 3. The summed E-state index contributed by atoms with van der Waals surface area (Å²) in [6.07, 6.45) is 2.47. The van der Waals surface area contributed by atoms with E-state index in [0.717, 1.165) is 28.4 Å². The summed E-state index contributed by atoms with van der Waals surface area (Å²) in [6, 6.07) is 5.66. The molecule has 1 aliphatic carbocycles. The second-order valence-electron chi connectivity index (χ2n) is 5.78.